The predicted octanol–water partition coefficient (Wildman–Crippen LogP) is 1.42. The summed E-state index contributed by atoms with van der Waals surface area (Å²) in [6.45, 7) is 1.26. The molecule has 12 amide bonds. The minimum atomic E-state index is -8.85. The van der Waals surface area contributed by atoms with E-state index in [0.717, 1.165) is 26.5 Å². The van der Waals surface area contributed by atoms with Crippen LogP contribution in [-0.4, -0.2) is 208 Å². The first-order valence-corrected chi connectivity index (χ1v) is 31.9. The fourth-order valence-electron chi connectivity index (χ4n) is 9.32. The van der Waals surface area contributed by atoms with E-state index in [1.54, 1.807) is 19.2 Å². The molecule has 1 unspecified atom stereocenters. The van der Waals surface area contributed by atoms with Crippen molar-refractivity contribution >= 4 is 92.5 Å². The number of benzene rings is 1. The third kappa shape index (κ3) is 21.6. The molecule has 2 aliphatic heterocycles. The van der Waals surface area contributed by atoms with E-state index in [-0.39, 0.29) is 50.2 Å². The van der Waals surface area contributed by atoms with E-state index in [2.05, 4.69) is 37.2 Å². The van der Waals surface area contributed by atoms with Gasteiger partial charge in [-0.1, -0.05) is 54.0 Å². The molecule has 9 atom stereocenters. The average Bonchev–Trinajstić information content (AvgIpc) is 0.946. The van der Waals surface area contributed by atoms with Gasteiger partial charge in [-0.05, 0) is 62.1 Å². The van der Waals surface area contributed by atoms with Gasteiger partial charge >= 0.3 is 47.6 Å². The Morgan fingerprint density at radius 2 is 1.17 bits per heavy atom. The number of nitrogens with one attached hydrogen (secondary N) is 8. The molecule has 2 heterocycles. The number of alkyl halides is 17. The van der Waals surface area contributed by atoms with E-state index in [9.17, 15) is 137 Å². The van der Waals surface area contributed by atoms with Crippen LogP contribution in [0.1, 0.15) is 90.0 Å². The molecule has 17 N–H and O–H groups in total. The topological polar surface area (TPSA) is 429 Å². The predicted molar refractivity (Wildman–Crippen MR) is 312 cm³/mol. The summed E-state index contributed by atoms with van der Waals surface area (Å²) in [6, 6.07) is -7.72. The molecule has 2 saturated heterocycles. The maximum absolute atomic E-state index is 14.7. The summed E-state index contributed by atoms with van der Waals surface area (Å²) in [5, 5.41) is 28.1. The molecular weight excluding hydrogens is 1430 g/mol. The van der Waals surface area contributed by atoms with Gasteiger partial charge in [0.2, 0.25) is 70.9 Å². The molecule has 0 aliphatic carbocycles. The van der Waals surface area contributed by atoms with Gasteiger partial charge < -0.3 is 75.5 Å². The van der Waals surface area contributed by atoms with Crippen molar-refractivity contribution in [1.29, 1.82) is 0 Å². The lowest BCUT2D eigenvalue weighted by atomic mass is 9.88. The number of unbranched alkanes of at least 4 members (excludes halogenated alkanes) is 1. The van der Waals surface area contributed by atoms with Crippen LogP contribution in [0.15, 0.2) is 24.3 Å². The van der Waals surface area contributed by atoms with Gasteiger partial charge in [-0.25, -0.2) is 0 Å². The lowest BCUT2D eigenvalue weighted by molar-refractivity contribution is -0.461. The van der Waals surface area contributed by atoms with Gasteiger partial charge in [0.25, 0.3) is 0 Å². The van der Waals surface area contributed by atoms with E-state index in [0.29, 0.717) is 5.56 Å². The molecule has 2 aliphatic rings. The van der Waals surface area contributed by atoms with Gasteiger partial charge in [-0.15, -0.1) is 0 Å². The quantitative estimate of drug-likeness (QED) is 0.0306. The van der Waals surface area contributed by atoms with E-state index in [1.807, 2.05) is 0 Å². The molecule has 0 bridgehead atoms. The van der Waals surface area contributed by atoms with E-state index in [4.69, 9.17) is 22.9 Å². The SMILES string of the molecule is CCC(C)[C@@H]1NC(=O)[C@H](Cc2ccc(O)cc2)NC(=O)[C@@H](N)CSSC[C@@H](C(=O)N2CCC[C@H]2C(=O)N[C@@H](CCCCNC(=O)CCC(F)(F)C(F)(F)C(F)(F)C(F)(F)C(F)(F)C(F)(F)C(F)(F)C(F)(F)F)C(=O)NCC(N)=O)NC(=O)[C@H](CC(N)=O)NC(=O)[C@H](CCC(N)=O)NC1=O. The minimum absolute atomic E-state index is 0.0250. The molecule has 45 heteroatoms. The van der Waals surface area contributed by atoms with Crippen LogP contribution in [-0.2, 0) is 64.0 Å². The summed E-state index contributed by atoms with van der Waals surface area (Å²) in [4.78, 5) is 162. The molecule has 3 rings (SSSR count). The summed E-state index contributed by atoms with van der Waals surface area (Å²) < 4.78 is 233. The van der Waals surface area contributed by atoms with Gasteiger partial charge in [0.05, 0.1) is 19.0 Å². The van der Waals surface area contributed by atoms with Gasteiger partial charge in [-0.2, -0.15) is 74.6 Å². The minimum Gasteiger partial charge on any atom is -0.508 e. The van der Waals surface area contributed by atoms with Gasteiger partial charge in [-0.3, -0.25) is 57.5 Å². The Hall–Kier alpha value is -7.87. The molecule has 26 nitrogen and oxygen atoms in total. The van der Waals surface area contributed by atoms with Gasteiger partial charge in [0.15, 0.2) is 0 Å². The number of rotatable bonds is 29. The zero-order valence-electron chi connectivity index (χ0n) is 51.9. The molecule has 0 aromatic heterocycles. The van der Waals surface area contributed by atoms with Crippen molar-refractivity contribution in [2.45, 2.75) is 187 Å². The number of phenols is 1. The highest BCUT2D eigenvalue weighted by atomic mass is 33.1. The zero-order chi connectivity index (χ0) is 75.8. The monoisotopic (exact) mass is 1500 g/mol. The Balaban J connectivity index is 1.91. The summed E-state index contributed by atoms with van der Waals surface area (Å²) in [6.07, 6.45) is -16.8. The van der Waals surface area contributed by atoms with E-state index >= 15 is 0 Å². The van der Waals surface area contributed by atoms with Crippen molar-refractivity contribution < 1.29 is 137 Å². The fourth-order valence-corrected chi connectivity index (χ4v) is 11.6. The lowest BCUT2D eigenvalue weighted by Gasteiger charge is -2.42. The number of carbonyl (C=O) groups excluding carboxylic acids is 12. The van der Waals surface area contributed by atoms with Crippen LogP contribution < -0.4 is 65.5 Å². The molecule has 1 aromatic carbocycles. The maximum Gasteiger partial charge on any atom is 0.460 e. The number of aromatic hydroxyl groups is 1. The first kappa shape index (κ1) is 85.4. The van der Waals surface area contributed by atoms with Gasteiger partial charge in [0, 0.05) is 50.3 Å². The smallest absolute Gasteiger partial charge is 0.460 e. The largest absolute Gasteiger partial charge is 0.508 e. The van der Waals surface area contributed by atoms with Crippen molar-refractivity contribution in [2.24, 2.45) is 28.9 Å². The van der Waals surface area contributed by atoms with Crippen LogP contribution in [0.2, 0.25) is 0 Å². The number of hydrogen-bond donors (Lipinski definition) is 13. The second-order valence-electron chi connectivity index (χ2n) is 22.8. The summed E-state index contributed by atoms with van der Waals surface area (Å²) >= 11 is 0. The molecule has 0 saturated carbocycles. The van der Waals surface area contributed by atoms with E-state index in [1.165, 1.54) is 24.3 Å². The normalized spacial score (nSPS) is 21.9. The lowest BCUT2D eigenvalue weighted by Crippen LogP contribution is -2.74. The number of hydrogen-bond acceptors (Lipinski definition) is 16. The first-order valence-electron chi connectivity index (χ1n) is 29.5. The van der Waals surface area contributed by atoms with Crippen LogP contribution in [0.3, 0.4) is 0 Å². The molecule has 1 aromatic rings. The highest BCUT2D eigenvalue weighted by molar-refractivity contribution is 8.76. The molecular formula is C54H70F17N13O13S2. The molecule has 0 radical (unpaired) electrons. The highest BCUT2D eigenvalue weighted by Gasteiger charge is 2.95. The second kappa shape index (κ2) is 35.0. The molecule has 99 heavy (non-hydrogen) atoms. The Morgan fingerprint density at radius 3 is 1.73 bits per heavy atom. The fraction of sp³-hybridized carbons (Fsp3) is 0.667. The van der Waals surface area contributed by atoms with Crippen LogP contribution in [0, 0.1) is 5.92 Å². The maximum atomic E-state index is 14.7. The second-order valence-corrected chi connectivity index (χ2v) is 25.3. The number of likely N-dealkylation sites (tertiary alicyclic amines) is 1. The summed E-state index contributed by atoms with van der Waals surface area (Å²) in [5.74, 6) is -73.8. The number of carbonyl (C=O) groups is 12. The van der Waals surface area contributed by atoms with Crippen LogP contribution in [0.4, 0.5) is 74.6 Å². The van der Waals surface area contributed by atoms with Crippen molar-refractivity contribution in [1.82, 2.24) is 47.4 Å². The van der Waals surface area contributed by atoms with Crippen LogP contribution in [0.25, 0.3) is 0 Å². The van der Waals surface area contributed by atoms with Crippen molar-refractivity contribution in [3.8, 4) is 5.75 Å². The zero-order valence-corrected chi connectivity index (χ0v) is 53.5. The summed E-state index contributed by atoms with van der Waals surface area (Å²) in [5.41, 5.74) is 22.6. The van der Waals surface area contributed by atoms with Gasteiger partial charge in [0.1, 0.15) is 48.0 Å². The standard InChI is InChI=1S/C54H70F17N13O13S2/c1-3-24(2)38-45(96)79-29(13-14-34(73)86)41(92)81-31(20-35(74)87)42(93)82-32(23-99-98-22-27(72)39(90)80-30(43(94)83-38)19-25-9-11-26(85)12-10-25)46(97)84-18-6-8-33(84)44(95)78-28(40(91)77-21-36(75)88)7-4-5-17-76-37(89)15-16-47(55,56)48(57,58)49(59,60)50(61,62)51(63,64)52(65,66)53(67,68)54(69,70)71/h9-12,24,27-33,38,85H,3-8,13-23,72H2,1-2H3,(H2,73,86)(H2,74,87)(H2,75,88)(H,76,89)(H,77,91)(H,78,95)(H,79,96)(H,80,90)(H,81,92)(H,82,93)(H,83,94)/t24?,27-,28-,29-,30-,31-,32-,33-,38-/m0/s1. The molecule has 560 valence electrons. The molecule has 0 spiro atoms. The van der Waals surface area contributed by atoms with E-state index < -0.39 is 237 Å². The van der Waals surface area contributed by atoms with Crippen molar-refractivity contribution in [3.05, 3.63) is 29.8 Å². The Kier molecular flexibility index (Phi) is 30.1. The third-order valence-corrected chi connectivity index (χ3v) is 17.7. The number of nitrogens with two attached hydrogens (primary N) is 4. The van der Waals surface area contributed by atoms with Crippen LogP contribution in [0.5, 0.6) is 5.75 Å². The number of halogens is 17. The number of phenolic OH excluding ortho intramolecular Hbond substituents is 1. The number of amides is 12. The third-order valence-electron chi connectivity index (χ3n) is 15.3. The Labute approximate surface area is 558 Å². The van der Waals surface area contributed by atoms with Crippen LogP contribution >= 0.6 is 21.6 Å². The number of nitrogens with zero attached hydrogens (tertiary/aromatic N) is 1. The average molecular weight is 1500 g/mol. The summed E-state index contributed by atoms with van der Waals surface area (Å²) in [7, 11) is 1.63. The Bertz CT molecular complexity index is 3090. The highest BCUT2D eigenvalue weighted by Crippen LogP contribution is 2.64. The molecule has 2 fully saturated rings. The van der Waals surface area contributed by atoms with Crippen molar-refractivity contribution in [2.75, 3.05) is 31.1 Å². The number of primary amides is 3. The first-order chi connectivity index (χ1) is 45.4. The Morgan fingerprint density at radius 1 is 0.636 bits per heavy atom. The van der Waals surface area contributed by atoms with Crippen molar-refractivity contribution in [3.63, 3.8) is 0 Å².